The maximum Gasteiger partial charge on any atom is 0.258 e. The summed E-state index contributed by atoms with van der Waals surface area (Å²) in [7, 11) is 5.53. The van der Waals surface area contributed by atoms with Crippen molar-refractivity contribution in [2.24, 2.45) is 5.41 Å². The lowest BCUT2D eigenvalue weighted by molar-refractivity contribution is -0.117. The first kappa shape index (κ1) is 23.8. The number of benzene rings is 2. The molecule has 2 aliphatic rings. The summed E-state index contributed by atoms with van der Waals surface area (Å²) < 4.78 is 5.32. The number of anilines is 2. The van der Waals surface area contributed by atoms with Crippen LogP contribution in [0.4, 0.5) is 11.4 Å². The molecule has 1 spiro atoms. The zero-order valence-electron chi connectivity index (χ0n) is 20.3. The number of rotatable bonds is 6. The van der Waals surface area contributed by atoms with Gasteiger partial charge in [0.25, 0.3) is 5.91 Å². The van der Waals surface area contributed by atoms with Crippen molar-refractivity contribution in [2.45, 2.75) is 25.7 Å². The van der Waals surface area contributed by atoms with E-state index in [4.69, 9.17) is 10.5 Å². The lowest BCUT2D eigenvalue weighted by atomic mass is 9.79. The third kappa shape index (κ3) is 4.94. The molecule has 3 N–H and O–H groups in total. The van der Waals surface area contributed by atoms with Gasteiger partial charge in [0.2, 0.25) is 5.91 Å². The molecule has 2 amide bonds. The molecule has 1 atom stereocenters. The second-order valence-electron chi connectivity index (χ2n) is 9.56. The van der Waals surface area contributed by atoms with E-state index in [9.17, 15) is 9.59 Å². The Morgan fingerprint density at radius 2 is 1.97 bits per heavy atom. The topological polar surface area (TPSA) is 87.9 Å². The number of fused-ring (bicyclic) bond motifs is 1. The summed E-state index contributed by atoms with van der Waals surface area (Å²) in [6, 6.07) is 13.2. The van der Waals surface area contributed by atoms with Gasteiger partial charge >= 0.3 is 0 Å². The Bertz CT molecular complexity index is 1110. The van der Waals surface area contributed by atoms with Gasteiger partial charge in [0.1, 0.15) is 5.75 Å². The van der Waals surface area contributed by atoms with Gasteiger partial charge in [-0.25, -0.2) is 0 Å². The molecule has 7 nitrogen and oxygen atoms in total. The van der Waals surface area contributed by atoms with Gasteiger partial charge in [0.05, 0.1) is 12.8 Å². The van der Waals surface area contributed by atoms with Gasteiger partial charge in [-0.1, -0.05) is 24.3 Å². The zero-order chi connectivity index (χ0) is 24.3. The van der Waals surface area contributed by atoms with Crippen LogP contribution in [0.5, 0.6) is 5.75 Å². The molecule has 0 aromatic heterocycles. The molecule has 0 radical (unpaired) electrons. The summed E-state index contributed by atoms with van der Waals surface area (Å²) in [6.07, 6.45) is 5.46. The van der Waals surface area contributed by atoms with Gasteiger partial charge in [0, 0.05) is 36.5 Å². The molecule has 2 aromatic carbocycles. The van der Waals surface area contributed by atoms with Gasteiger partial charge in [-0.05, 0) is 75.0 Å². The molecule has 1 heterocycles. The molecule has 180 valence electrons. The minimum Gasteiger partial charge on any atom is -0.495 e. The van der Waals surface area contributed by atoms with E-state index >= 15 is 0 Å². The van der Waals surface area contributed by atoms with Gasteiger partial charge < -0.3 is 25.6 Å². The predicted octanol–water partition coefficient (Wildman–Crippen LogP) is 3.25. The smallest absolute Gasteiger partial charge is 0.258 e. The molecule has 2 aromatic rings. The normalized spacial score (nSPS) is 19.5. The number of amides is 2. The number of carbonyl (C=O) groups excluding carboxylic acids is 2. The highest BCUT2D eigenvalue weighted by Crippen LogP contribution is 2.46. The highest BCUT2D eigenvalue weighted by atomic mass is 16.5. The number of para-hydroxylation sites is 1. The van der Waals surface area contributed by atoms with E-state index in [1.54, 1.807) is 25.3 Å². The van der Waals surface area contributed by atoms with E-state index in [0.29, 0.717) is 30.1 Å². The van der Waals surface area contributed by atoms with Crippen LogP contribution in [-0.2, 0) is 11.2 Å². The number of carbonyl (C=O) groups is 2. The maximum absolute atomic E-state index is 13.6. The summed E-state index contributed by atoms with van der Waals surface area (Å²) in [5, 5.41) is 3.04. The lowest BCUT2D eigenvalue weighted by Gasteiger charge is -2.26. The van der Waals surface area contributed by atoms with E-state index in [2.05, 4.69) is 22.4 Å². The number of hydrogen-bond donors (Lipinski definition) is 2. The molecule has 1 aliphatic heterocycles. The summed E-state index contributed by atoms with van der Waals surface area (Å²) in [5.74, 6) is 0.443. The third-order valence-corrected chi connectivity index (χ3v) is 6.89. The summed E-state index contributed by atoms with van der Waals surface area (Å²) >= 11 is 0. The number of nitrogen functional groups attached to an aromatic ring is 1. The van der Waals surface area contributed by atoms with E-state index in [1.165, 1.54) is 0 Å². The number of nitrogens with one attached hydrogen (secondary N) is 1. The highest BCUT2D eigenvalue weighted by Gasteiger charge is 2.39. The third-order valence-electron chi connectivity index (χ3n) is 6.89. The van der Waals surface area contributed by atoms with Crippen molar-refractivity contribution in [1.29, 1.82) is 0 Å². The standard InChI is InChI=1S/C27H34N4O3/c1-30(2)15-13-29-25(32)21-10-11-27(18-21)12-14-31(23-7-5-4-6-20(23)17-27)26(33)19-8-9-22(28)24(16-19)34-3/h4-9,16,18H,10-15,17,28H2,1-3H3,(H,29,32). The second kappa shape index (κ2) is 9.89. The Morgan fingerprint density at radius 1 is 1.18 bits per heavy atom. The number of nitrogens with zero attached hydrogens (tertiary/aromatic N) is 2. The Balaban J connectivity index is 1.58. The highest BCUT2D eigenvalue weighted by molar-refractivity contribution is 6.07. The van der Waals surface area contributed by atoms with Crippen LogP contribution in [0, 0.1) is 5.41 Å². The number of ether oxygens (including phenoxy) is 1. The number of nitrogens with two attached hydrogens (primary N) is 1. The number of methoxy groups -OCH3 is 1. The molecule has 0 bridgehead atoms. The first-order valence-electron chi connectivity index (χ1n) is 11.8. The SMILES string of the molecule is COc1cc(C(=O)N2CCC3(C=C(C(=O)NCCN(C)C)CC3)Cc3ccccc32)ccc1N. The quantitative estimate of drug-likeness (QED) is 0.644. The molecular formula is C27H34N4O3. The van der Waals surface area contributed by atoms with Crippen molar-refractivity contribution in [1.82, 2.24) is 10.2 Å². The summed E-state index contributed by atoms with van der Waals surface area (Å²) in [4.78, 5) is 30.2. The number of likely N-dealkylation sites (N-methyl/N-ethyl adjacent to an activating group) is 1. The first-order valence-corrected chi connectivity index (χ1v) is 11.8. The van der Waals surface area contributed by atoms with Crippen LogP contribution in [0.1, 0.15) is 35.2 Å². The molecule has 1 unspecified atom stereocenters. The minimum absolute atomic E-state index is 0.0261. The fourth-order valence-corrected chi connectivity index (χ4v) is 4.98. The van der Waals surface area contributed by atoms with Crippen molar-refractivity contribution in [3.05, 3.63) is 65.2 Å². The van der Waals surface area contributed by atoms with E-state index in [0.717, 1.165) is 49.1 Å². The van der Waals surface area contributed by atoms with Gasteiger partial charge in [-0.3, -0.25) is 9.59 Å². The van der Waals surface area contributed by atoms with Gasteiger partial charge in [-0.15, -0.1) is 0 Å². The van der Waals surface area contributed by atoms with E-state index in [1.807, 2.05) is 37.2 Å². The number of allylic oxidation sites excluding steroid dienone is 1. The minimum atomic E-state index is -0.127. The first-order chi connectivity index (χ1) is 16.3. The van der Waals surface area contributed by atoms with Crippen molar-refractivity contribution < 1.29 is 14.3 Å². The lowest BCUT2D eigenvalue weighted by Crippen LogP contribution is -2.33. The van der Waals surface area contributed by atoms with Crippen LogP contribution in [0.2, 0.25) is 0 Å². The summed E-state index contributed by atoms with van der Waals surface area (Å²) in [5.41, 5.74) is 9.78. The summed E-state index contributed by atoms with van der Waals surface area (Å²) in [6.45, 7) is 2.02. The van der Waals surface area contributed by atoms with Crippen molar-refractivity contribution >= 4 is 23.2 Å². The molecule has 0 saturated heterocycles. The van der Waals surface area contributed by atoms with Gasteiger partial charge in [0.15, 0.2) is 0 Å². The van der Waals surface area contributed by atoms with Gasteiger partial charge in [-0.2, -0.15) is 0 Å². The van der Waals surface area contributed by atoms with Crippen LogP contribution in [0.15, 0.2) is 54.1 Å². The average Bonchev–Trinajstić information content (AvgIpc) is 3.16. The molecule has 0 saturated carbocycles. The Morgan fingerprint density at radius 3 is 2.74 bits per heavy atom. The second-order valence-corrected chi connectivity index (χ2v) is 9.56. The van der Waals surface area contributed by atoms with Crippen LogP contribution < -0.4 is 20.7 Å². The molecule has 0 fully saturated rings. The maximum atomic E-state index is 13.6. The van der Waals surface area contributed by atoms with Crippen LogP contribution in [0.25, 0.3) is 0 Å². The number of hydrogen-bond acceptors (Lipinski definition) is 5. The van der Waals surface area contributed by atoms with E-state index in [-0.39, 0.29) is 17.2 Å². The van der Waals surface area contributed by atoms with Crippen molar-refractivity contribution in [2.75, 3.05) is 51.5 Å². The molecule has 1 aliphatic carbocycles. The Labute approximate surface area is 201 Å². The average molecular weight is 463 g/mol. The van der Waals surface area contributed by atoms with Crippen molar-refractivity contribution in [3.63, 3.8) is 0 Å². The van der Waals surface area contributed by atoms with Crippen molar-refractivity contribution in [3.8, 4) is 5.75 Å². The van der Waals surface area contributed by atoms with Crippen LogP contribution >= 0.6 is 0 Å². The monoisotopic (exact) mass is 462 g/mol. The largest absolute Gasteiger partial charge is 0.495 e. The Hall–Kier alpha value is -3.32. The fraction of sp³-hybridized carbons (Fsp3) is 0.407. The zero-order valence-corrected chi connectivity index (χ0v) is 20.3. The van der Waals surface area contributed by atoms with Crippen LogP contribution in [0.3, 0.4) is 0 Å². The van der Waals surface area contributed by atoms with Crippen LogP contribution in [-0.4, -0.2) is 57.6 Å². The molecule has 4 rings (SSSR count). The Kier molecular flexibility index (Phi) is 6.93. The molecule has 34 heavy (non-hydrogen) atoms. The predicted molar refractivity (Wildman–Crippen MR) is 135 cm³/mol. The fourth-order valence-electron chi connectivity index (χ4n) is 4.98. The van der Waals surface area contributed by atoms with E-state index < -0.39 is 0 Å². The molecular weight excluding hydrogens is 428 g/mol. The molecule has 7 heteroatoms.